The van der Waals surface area contributed by atoms with E-state index in [1.807, 2.05) is 0 Å². The van der Waals surface area contributed by atoms with Crippen LogP contribution in [0.5, 0.6) is 10.9 Å². The highest BCUT2D eigenvalue weighted by Gasteiger charge is 2.34. The zero-order chi connectivity index (χ0) is 14.0. The van der Waals surface area contributed by atoms with Crippen molar-refractivity contribution in [1.29, 1.82) is 0 Å². The minimum atomic E-state index is -4.48. The predicted molar refractivity (Wildman–Crippen MR) is 63.6 cm³/mol. The lowest BCUT2D eigenvalue weighted by Crippen LogP contribution is -2.04. The molecular formula is C12H8F3NO2S. The normalized spacial score (nSPS) is 11.4. The van der Waals surface area contributed by atoms with Gasteiger partial charge >= 0.3 is 6.18 Å². The van der Waals surface area contributed by atoms with Gasteiger partial charge in [-0.25, -0.2) is 0 Å². The molecule has 1 aromatic heterocycles. The van der Waals surface area contributed by atoms with Crippen LogP contribution in [0.25, 0.3) is 0 Å². The van der Waals surface area contributed by atoms with E-state index in [4.69, 9.17) is 4.74 Å². The predicted octanol–water partition coefficient (Wildman–Crippen LogP) is 4.16. The van der Waals surface area contributed by atoms with Crippen molar-refractivity contribution in [3.63, 3.8) is 0 Å². The van der Waals surface area contributed by atoms with Gasteiger partial charge in [-0.15, -0.1) is 0 Å². The third-order valence-corrected chi connectivity index (χ3v) is 2.96. The molecule has 0 N–H and O–H groups in total. The number of benzene rings is 1. The Morgan fingerprint density at radius 3 is 2.37 bits per heavy atom. The first-order valence-electron chi connectivity index (χ1n) is 5.18. The molecule has 0 fully saturated rings. The number of rotatable bonds is 3. The van der Waals surface area contributed by atoms with Crippen LogP contribution in [0.4, 0.5) is 13.2 Å². The maximum Gasteiger partial charge on any atom is 0.434 e. The number of halogens is 3. The molecule has 0 radical (unpaired) electrons. The number of ketones is 1. The molecule has 2 aromatic rings. The summed E-state index contributed by atoms with van der Waals surface area (Å²) in [5.41, 5.74) is -0.477. The molecule has 0 aliphatic rings. The minimum absolute atomic E-state index is 0.0945. The number of carbonyl (C=O) groups is 1. The Hall–Kier alpha value is -1.89. The molecule has 0 spiro atoms. The third kappa shape index (κ3) is 3.31. The molecule has 1 aromatic carbocycles. The second-order valence-electron chi connectivity index (χ2n) is 3.68. The molecule has 1 heterocycles. The van der Waals surface area contributed by atoms with E-state index in [-0.39, 0.29) is 11.0 Å². The summed E-state index contributed by atoms with van der Waals surface area (Å²) in [4.78, 5) is 14.4. The fraction of sp³-hybridized carbons (Fsp3) is 0.167. The molecule has 0 aliphatic heterocycles. The minimum Gasteiger partial charge on any atom is -0.431 e. The summed E-state index contributed by atoms with van der Waals surface area (Å²) >= 11 is 0.761. The number of Topliss-reactive ketones (excluding diaryl/α,β-unsaturated/α-hetero) is 1. The van der Waals surface area contributed by atoms with Crippen LogP contribution >= 0.6 is 11.3 Å². The Morgan fingerprint density at radius 1 is 1.26 bits per heavy atom. The number of aromatic nitrogens is 1. The second kappa shape index (κ2) is 5.00. The van der Waals surface area contributed by atoms with Crippen molar-refractivity contribution in [3.8, 4) is 10.9 Å². The third-order valence-electron chi connectivity index (χ3n) is 2.24. The van der Waals surface area contributed by atoms with Gasteiger partial charge in [-0.1, -0.05) is 11.3 Å². The van der Waals surface area contributed by atoms with E-state index < -0.39 is 11.9 Å². The van der Waals surface area contributed by atoms with Gasteiger partial charge in [0.25, 0.3) is 5.19 Å². The molecule has 100 valence electrons. The van der Waals surface area contributed by atoms with Crippen LogP contribution in [-0.2, 0) is 6.18 Å². The van der Waals surface area contributed by atoms with Crippen molar-refractivity contribution in [2.24, 2.45) is 0 Å². The number of hydrogen-bond donors (Lipinski definition) is 0. The van der Waals surface area contributed by atoms with Crippen LogP contribution in [0.15, 0.2) is 29.6 Å². The lowest BCUT2D eigenvalue weighted by atomic mass is 10.1. The van der Waals surface area contributed by atoms with E-state index in [1.54, 1.807) is 0 Å². The average Bonchev–Trinajstić information content (AvgIpc) is 2.78. The smallest absolute Gasteiger partial charge is 0.431 e. The number of carbonyl (C=O) groups excluding carboxylic acids is 1. The van der Waals surface area contributed by atoms with Crippen LogP contribution in [0.2, 0.25) is 0 Å². The van der Waals surface area contributed by atoms with E-state index >= 15 is 0 Å². The highest BCUT2D eigenvalue weighted by Crippen LogP contribution is 2.34. The molecule has 0 saturated heterocycles. The molecule has 2 rings (SSSR count). The monoisotopic (exact) mass is 287 g/mol. The van der Waals surface area contributed by atoms with Crippen LogP contribution < -0.4 is 4.74 Å². The Bertz CT molecular complexity index is 590. The molecule has 7 heteroatoms. The van der Waals surface area contributed by atoms with E-state index in [1.165, 1.54) is 31.2 Å². The van der Waals surface area contributed by atoms with Crippen molar-refractivity contribution in [1.82, 2.24) is 4.98 Å². The van der Waals surface area contributed by atoms with Crippen molar-refractivity contribution < 1.29 is 22.7 Å². The molecule has 0 bridgehead atoms. The van der Waals surface area contributed by atoms with Crippen molar-refractivity contribution in [2.45, 2.75) is 13.1 Å². The Labute approximate surface area is 110 Å². The van der Waals surface area contributed by atoms with E-state index in [0.717, 1.165) is 16.7 Å². The summed E-state index contributed by atoms with van der Waals surface area (Å²) < 4.78 is 42.2. The Balaban J connectivity index is 2.13. The molecule has 0 amide bonds. The molecule has 0 aliphatic carbocycles. The first kappa shape index (κ1) is 13.5. The van der Waals surface area contributed by atoms with Crippen molar-refractivity contribution >= 4 is 17.1 Å². The lowest BCUT2D eigenvalue weighted by Gasteiger charge is -2.03. The molecule has 19 heavy (non-hydrogen) atoms. The summed E-state index contributed by atoms with van der Waals surface area (Å²) in [5, 5.41) is 0.794. The second-order valence-corrected chi connectivity index (χ2v) is 4.50. The van der Waals surface area contributed by atoms with Gasteiger partial charge in [-0.2, -0.15) is 18.2 Å². The maximum absolute atomic E-state index is 12.3. The summed E-state index contributed by atoms with van der Waals surface area (Å²) in [6, 6.07) is 6.09. The highest BCUT2D eigenvalue weighted by molar-refractivity contribution is 7.11. The van der Waals surface area contributed by atoms with Gasteiger partial charge in [0.2, 0.25) is 0 Å². The average molecular weight is 287 g/mol. The summed E-state index contributed by atoms with van der Waals surface area (Å²) in [6.07, 6.45) is -4.48. The number of nitrogens with zero attached hydrogens (tertiary/aromatic N) is 1. The van der Waals surface area contributed by atoms with Gasteiger partial charge in [0.05, 0.1) is 0 Å². The van der Waals surface area contributed by atoms with E-state index in [2.05, 4.69) is 4.98 Å². The zero-order valence-corrected chi connectivity index (χ0v) is 10.5. The first-order chi connectivity index (χ1) is 8.86. The standard InChI is InChI=1S/C12H8F3NO2S/c1-7(17)8-2-4-9(5-3-8)18-11-16-10(6-19-11)12(13,14)15/h2-6H,1H3. The maximum atomic E-state index is 12.3. The van der Waals surface area contributed by atoms with Gasteiger partial charge in [0.1, 0.15) is 5.75 Å². The van der Waals surface area contributed by atoms with Crippen LogP contribution in [-0.4, -0.2) is 10.8 Å². The zero-order valence-electron chi connectivity index (χ0n) is 9.69. The van der Waals surface area contributed by atoms with E-state index in [9.17, 15) is 18.0 Å². The Morgan fingerprint density at radius 2 is 1.89 bits per heavy atom. The fourth-order valence-corrected chi connectivity index (χ4v) is 1.99. The first-order valence-corrected chi connectivity index (χ1v) is 6.06. The van der Waals surface area contributed by atoms with Gasteiger partial charge in [-0.3, -0.25) is 4.79 Å². The van der Waals surface area contributed by atoms with Gasteiger partial charge < -0.3 is 4.74 Å². The molecule has 0 unspecified atom stereocenters. The van der Waals surface area contributed by atoms with Gasteiger partial charge in [0, 0.05) is 10.9 Å². The number of hydrogen-bond acceptors (Lipinski definition) is 4. The number of thiazole rings is 1. The van der Waals surface area contributed by atoms with Crippen LogP contribution in [0.1, 0.15) is 23.0 Å². The summed E-state index contributed by atoms with van der Waals surface area (Å²) in [7, 11) is 0. The van der Waals surface area contributed by atoms with Crippen molar-refractivity contribution in [3.05, 3.63) is 40.9 Å². The largest absolute Gasteiger partial charge is 0.434 e. The summed E-state index contributed by atoms with van der Waals surface area (Å²) in [5.74, 6) is 0.230. The quantitative estimate of drug-likeness (QED) is 0.796. The van der Waals surface area contributed by atoms with Gasteiger partial charge in [0.15, 0.2) is 11.5 Å². The molecule has 3 nitrogen and oxygen atoms in total. The van der Waals surface area contributed by atoms with E-state index in [0.29, 0.717) is 11.3 Å². The SMILES string of the molecule is CC(=O)c1ccc(Oc2nc(C(F)(F)F)cs2)cc1. The fourth-order valence-electron chi connectivity index (χ4n) is 1.29. The number of ether oxygens (including phenoxy) is 1. The summed E-state index contributed by atoms with van der Waals surface area (Å²) in [6.45, 7) is 1.42. The molecule has 0 saturated carbocycles. The highest BCUT2D eigenvalue weighted by atomic mass is 32.1. The van der Waals surface area contributed by atoms with Crippen molar-refractivity contribution in [2.75, 3.05) is 0 Å². The Kier molecular flexibility index (Phi) is 3.57. The topological polar surface area (TPSA) is 39.2 Å². The lowest BCUT2D eigenvalue weighted by molar-refractivity contribution is -0.140. The van der Waals surface area contributed by atoms with Gasteiger partial charge in [-0.05, 0) is 31.2 Å². The molecule has 0 atom stereocenters. The molecular weight excluding hydrogens is 279 g/mol. The van der Waals surface area contributed by atoms with Crippen LogP contribution in [0.3, 0.4) is 0 Å². The van der Waals surface area contributed by atoms with Crippen LogP contribution in [0, 0.1) is 0 Å². The number of alkyl halides is 3.